The van der Waals surface area contributed by atoms with Gasteiger partial charge in [0.1, 0.15) is 0 Å². The van der Waals surface area contributed by atoms with Gasteiger partial charge in [0.2, 0.25) is 0 Å². The van der Waals surface area contributed by atoms with Gasteiger partial charge in [-0.25, -0.2) is 0 Å². The van der Waals surface area contributed by atoms with Gasteiger partial charge in [0, 0.05) is 15.9 Å². The first-order valence-corrected chi connectivity index (χ1v) is 7.94. The minimum absolute atomic E-state index is 0.170. The number of thioether (sulfide) groups is 2. The average molecular weight is 256 g/mol. The maximum atomic E-state index is 9.95. The van der Waals surface area contributed by atoms with Crippen molar-refractivity contribution in [1.82, 2.24) is 0 Å². The fourth-order valence-electron chi connectivity index (χ4n) is 1.51. The van der Waals surface area contributed by atoms with E-state index < -0.39 is 0 Å². The lowest BCUT2D eigenvalue weighted by molar-refractivity contribution is 0.166. The highest BCUT2D eigenvalue weighted by molar-refractivity contribution is 8.03. The molecule has 1 aromatic carbocycles. The molecule has 0 heterocycles. The molecule has 0 fully saturated rings. The number of aliphatic hydroxyl groups is 1. The summed E-state index contributed by atoms with van der Waals surface area (Å²) in [6.07, 6.45) is 3.86. The van der Waals surface area contributed by atoms with Crippen molar-refractivity contribution in [2.24, 2.45) is 0 Å². The van der Waals surface area contributed by atoms with Gasteiger partial charge in [0.15, 0.2) is 0 Å². The summed E-state index contributed by atoms with van der Waals surface area (Å²) in [5.74, 6) is 0.979. The second kappa shape index (κ2) is 8.04. The molecule has 0 saturated carbocycles. The van der Waals surface area contributed by atoms with Crippen molar-refractivity contribution < 1.29 is 5.11 Å². The molecule has 2 atom stereocenters. The molecule has 0 radical (unpaired) electrons. The molecule has 1 rings (SSSR count). The van der Waals surface area contributed by atoms with Crippen LogP contribution < -0.4 is 0 Å². The van der Waals surface area contributed by atoms with Crippen molar-refractivity contribution in [2.75, 3.05) is 12.0 Å². The summed E-state index contributed by atoms with van der Waals surface area (Å²) in [7, 11) is 0. The smallest absolute Gasteiger partial charge is 0.0666 e. The Kier molecular flexibility index (Phi) is 7.01. The van der Waals surface area contributed by atoms with Crippen molar-refractivity contribution >= 4 is 23.5 Å². The molecule has 0 spiro atoms. The summed E-state index contributed by atoms with van der Waals surface area (Å²) in [4.78, 5) is 1.28. The molecule has 16 heavy (non-hydrogen) atoms. The van der Waals surface area contributed by atoms with Crippen molar-refractivity contribution in [1.29, 1.82) is 0 Å². The second-order valence-corrected chi connectivity index (χ2v) is 5.92. The van der Waals surface area contributed by atoms with Crippen LogP contribution in [0.15, 0.2) is 35.2 Å². The molecule has 0 unspecified atom stereocenters. The third-order valence-electron chi connectivity index (χ3n) is 2.47. The van der Waals surface area contributed by atoms with Crippen LogP contribution in [0.3, 0.4) is 0 Å². The van der Waals surface area contributed by atoms with Crippen LogP contribution in [0, 0.1) is 0 Å². The predicted molar refractivity (Wildman–Crippen MR) is 75.4 cm³/mol. The molecule has 3 heteroatoms. The van der Waals surface area contributed by atoms with E-state index in [0.717, 1.165) is 18.6 Å². The lowest BCUT2D eigenvalue weighted by Gasteiger charge is -2.20. The number of aliphatic hydroxyl groups excluding tert-OH is 1. The van der Waals surface area contributed by atoms with Crippen LogP contribution in [0.1, 0.15) is 19.8 Å². The van der Waals surface area contributed by atoms with Gasteiger partial charge in [0.25, 0.3) is 0 Å². The zero-order valence-electron chi connectivity index (χ0n) is 9.93. The van der Waals surface area contributed by atoms with Gasteiger partial charge in [0.05, 0.1) is 6.10 Å². The van der Waals surface area contributed by atoms with Crippen LogP contribution in [-0.2, 0) is 0 Å². The van der Waals surface area contributed by atoms with Crippen LogP contribution >= 0.6 is 23.5 Å². The highest BCUT2D eigenvalue weighted by atomic mass is 32.2. The Hall–Kier alpha value is -0.120. The molecule has 0 amide bonds. The lowest BCUT2D eigenvalue weighted by atomic mass is 10.1. The van der Waals surface area contributed by atoms with Gasteiger partial charge in [-0.05, 0) is 24.8 Å². The van der Waals surface area contributed by atoms with E-state index in [4.69, 9.17) is 0 Å². The molecule has 0 aliphatic heterocycles. The third-order valence-corrected chi connectivity index (χ3v) is 4.90. The number of rotatable bonds is 7. The van der Waals surface area contributed by atoms with Crippen LogP contribution in [0.5, 0.6) is 0 Å². The van der Waals surface area contributed by atoms with Gasteiger partial charge in [-0.2, -0.15) is 11.8 Å². The summed E-state index contributed by atoms with van der Waals surface area (Å²) in [5, 5.41) is 10.3. The van der Waals surface area contributed by atoms with Gasteiger partial charge in [-0.3, -0.25) is 0 Å². The molecule has 0 bridgehead atoms. The maximum Gasteiger partial charge on any atom is 0.0666 e. The second-order valence-electron chi connectivity index (χ2n) is 3.75. The first-order chi connectivity index (χ1) is 7.77. The molecular formula is C13H20OS2. The predicted octanol–water partition coefficient (Wildman–Crippen LogP) is 3.67. The molecule has 0 aliphatic rings. The number of hydrogen-bond donors (Lipinski definition) is 1. The third kappa shape index (κ3) is 4.81. The minimum atomic E-state index is -0.170. The van der Waals surface area contributed by atoms with Crippen molar-refractivity contribution in [3.8, 4) is 0 Å². The molecule has 0 saturated heterocycles. The van der Waals surface area contributed by atoms with E-state index >= 15 is 0 Å². The van der Waals surface area contributed by atoms with E-state index in [-0.39, 0.29) is 6.10 Å². The number of benzene rings is 1. The highest BCUT2D eigenvalue weighted by Gasteiger charge is 2.17. The van der Waals surface area contributed by atoms with Crippen LogP contribution in [-0.4, -0.2) is 28.5 Å². The number of hydrogen-bond acceptors (Lipinski definition) is 3. The van der Waals surface area contributed by atoms with E-state index in [1.165, 1.54) is 4.90 Å². The van der Waals surface area contributed by atoms with Crippen molar-refractivity contribution in [3.05, 3.63) is 30.3 Å². The van der Waals surface area contributed by atoms with E-state index in [0.29, 0.717) is 5.25 Å². The van der Waals surface area contributed by atoms with Crippen LogP contribution in [0.25, 0.3) is 0 Å². The van der Waals surface area contributed by atoms with Gasteiger partial charge >= 0.3 is 0 Å². The lowest BCUT2D eigenvalue weighted by Crippen LogP contribution is -2.24. The Morgan fingerprint density at radius 3 is 2.50 bits per heavy atom. The zero-order chi connectivity index (χ0) is 11.8. The normalized spacial score (nSPS) is 14.7. The summed E-state index contributed by atoms with van der Waals surface area (Å²) in [6, 6.07) is 10.4. The monoisotopic (exact) mass is 256 g/mol. The summed E-state index contributed by atoms with van der Waals surface area (Å²) in [6.45, 7) is 2.12. The summed E-state index contributed by atoms with van der Waals surface area (Å²) in [5.41, 5.74) is 0. The zero-order valence-corrected chi connectivity index (χ0v) is 11.6. The van der Waals surface area contributed by atoms with Gasteiger partial charge < -0.3 is 5.11 Å². The SMILES string of the molecule is CCC[C@H](O)[C@@H](CSc1ccccc1)SC. The van der Waals surface area contributed by atoms with Crippen LogP contribution in [0.2, 0.25) is 0 Å². The Balaban J connectivity index is 2.39. The Bertz CT molecular complexity index is 277. The minimum Gasteiger partial charge on any atom is -0.392 e. The van der Waals surface area contributed by atoms with Gasteiger partial charge in [-0.1, -0.05) is 31.5 Å². The fraction of sp³-hybridized carbons (Fsp3) is 0.538. The Morgan fingerprint density at radius 2 is 1.94 bits per heavy atom. The average Bonchev–Trinajstić information content (AvgIpc) is 2.31. The quantitative estimate of drug-likeness (QED) is 0.752. The van der Waals surface area contributed by atoms with Crippen LogP contribution in [0.4, 0.5) is 0 Å². The standard InChI is InChI=1S/C13H20OS2/c1-3-7-12(14)13(15-2)10-16-11-8-5-4-6-9-11/h4-6,8-9,12-14H,3,7,10H2,1-2H3/t12-,13+/m0/s1. The molecule has 90 valence electrons. The first-order valence-electron chi connectivity index (χ1n) is 5.66. The fourth-order valence-corrected chi connectivity index (χ4v) is 3.64. The maximum absolute atomic E-state index is 9.95. The summed E-state index contributed by atoms with van der Waals surface area (Å²) < 4.78 is 0. The largest absolute Gasteiger partial charge is 0.392 e. The van der Waals surface area contributed by atoms with E-state index in [9.17, 15) is 5.11 Å². The summed E-state index contributed by atoms with van der Waals surface area (Å²) >= 11 is 3.59. The Morgan fingerprint density at radius 1 is 1.25 bits per heavy atom. The van der Waals surface area contributed by atoms with E-state index in [1.807, 2.05) is 17.8 Å². The Labute approximate surface area is 107 Å². The molecule has 1 nitrogen and oxygen atoms in total. The van der Waals surface area contributed by atoms with Gasteiger partial charge in [-0.15, -0.1) is 11.8 Å². The van der Waals surface area contributed by atoms with Crippen molar-refractivity contribution in [3.63, 3.8) is 0 Å². The molecular weight excluding hydrogens is 236 g/mol. The topological polar surface area (TPSA) is 20.2 Å². The molecule has 0 aromatic heterocycles. The highest BCUT2D eigenvalue weighted by Crippen LogP contribution is 2.25. The first kappa shape index (κ1) is 13.9. The molecule has 0 aliphatic carbocycles. The molecule has 1 N–H and O–H groups in total. The van der Waals surface area contributed by atoms with Crippen molar-refractivity contribution in [2.45, 2.75) is 36.0 Å². The van der Waals surface area contributed by atoms with E-state index in [2.05, 4.69) is 37.4 Å². The molecule has 1 aromatic rings. The van der Waals surface area contributed by atoms with E-state index in [1.54, 1.807) is 11.8 Å².